The molecule has 0 spiro atoms. The summed E-state index contributed by atoms with van der Waals surface area (Å²) in [6, 6.07) is 8.22. The van der Waals surface area contributed by atoms with E-state index in [1.54, 1.807) is 0 Å². The maximum absolute atomic E-state index is 6.07. The molecule has 1 saturated heterocycles. The third kappa shape index (κ3) is 2.74. The highest BCUT2D eigenvalue weighted by Crippen LogP contribution is 2.37. The summed E-state index contributed by atoms with van der Waals surface area (Å²) >= 11 is 0. The predicted molar refractivity (Wildman–Crippen MR) is 80.8 cm³/mol. The Kier molecular flexibility index (Phi) is 4.38. The molecule has 2 aromatic rings. The van der Waals surface area contributed by atoms with Crippen LogP contribution < -0.4 is 5.32 Å². The Morgan fingerprint density at radius 2 is 2.20 bits per heavy atom. The van der Waals surface area contributed by atoms with E-state index in [1.807, 2.05) is 18.4 Å². The number of hydrogen-bond donors (Lipinski definition) is 1. The fourth-order valence-corrected chi connectivity index (χ4v) is 3.08. The molecule has 1 N–H and O–H groups in total. The second kappa shape index (κ2) is 6.42. The molecule has 1 aromatic carbocycles. The summed E-state index contributed by atoms with van der Waals surface area (Å²) in [5, 5.41) is 4.73. The minimum Gasteiger partial charge on any atom is -0.464 e. The van der Waals surface area contributed by atoms with E-state index < -0.39 is 0 Å². The maximum atomic E-state index is 6.07. The van der Waals surface area contributed by atoms with Crippen molar-refractivity contribution in [3.05, 3.63) is 36.1 Å². The molecule has 20 heavy (non-hydrogen) atoms. The quantitative estimate of drug-likeness (QED) is 0.839. The van der Waals surface area contributed by atoms with Crippen molar-refractivity contribution in [3.8, 4) is 0 Å². The van der Waals surface area contributed by atoms with Crippen LogP contribution in [0.4, 0.5) is 0 Å². The average molecular weight is 273 g/mol. The second-order valence-electron chi connectivity index (χ2n) is 5.59. The maximum Gasteiger partial charge on any atom is 0.134 e. The van der Waals surface area contributed by atoms with Crippen LogP contribution in [-0.4, -0.2) is 19.7 Å². The van der Waals surface area contributed by atoms with E-state index in [0.29, 0.717) is 5.92 Å². The van der Waals surface area contributed by atoms with E-state index in [2.05, 4.69) is 24.4 Å². The van der Waals surface area contributed by atoms with Gasteiger partial charge in [-0.15, -0.1) is 0 Å². The van der Waals surface area contributed by atoms with E-state index in [9.17, 15) is 0 Å². The van der Waals surface area contributed by atoms with Crippen LogP contribution >= 0.6 is 0 Å². The predicted octanol–water partition coefficient (Wildman–Crippen LogP) is 3.90. The van der Waals surface area contributed by atoms with Gasteiger partial charge in [-0.05, 0) is 31.9 Å². The van der Waals surface area contributed by atoms with Gasteiger partial charge in [0, 0.05) is 30.0 Å². The van der Waals surface area contributed by atoms with Crippen molar-refractivity contribution in [1.82, 2.24) is 5.32 Å². The van der Waals surface area contributed by atoms with Crippen molar-refractivity contribution in [1.29, 1.82) is 0 Å². The van der Waals surface area contributed by atoms with Gasteiger partial charge in [-0.2, -0.15) is 0 Å². The summed E-state index contributed by atoms with van der Waals surface area (Å²) in [4.78, 5) is 0. The first-order valence-electron chi connectivity index (χ1n) is 7.68. The fourth-order valence-electron chi connectivity index (χ4n) is 3.08. The Bertz CT molecular complexity index is 549. The SMILES string of the molecule is CCCNCC1CCCOC1c1coc2ccccc12. The Morgan fingerprint density at radius 1 is 1.30 bits per heavy atom. The van der Waals surface area contributed by atoms with Gasteiger partial charge in [0.15, 0.2) is 0 Å². The molecule has 2 heterocycles. The molecule has 1 aromatic heterocycles. The van der Waals surface area contributed by atoms with Crippen molar-refractivity contribution in [2.45, 2.75) is 32.3 Å². The van der Waals surface area contributed by atoms with Gasteiger partial charge < -0.3 is 14.5 Å². The molecule has 2 atom stereocenters. The van der Waals surface area contributed by atoms with Crippen molar-refractivity contribution < 1.29 is 9.15 Å². The lowest BCUT2D eigenvalue weighted by Crippen LogP contribution is -2.32. The zero-order valence-corrected chi connectivity index (χ0v) is 12.1. The van der Waals surface area contributed by atoms with Gasteiger partial charge in [-0.3, -0.25) is 0 Å². The molecule has 2 unspecified atom stereocenters. The van der Waals surface area contributed by atoms with E-state index in [0.717, 1.165) is 31.7 Å². The first-order chi connectivity index (χ1) is 9.90. The molecule has 3 nitrogen and oxygen atoms in total. The molecular weight excluding hydrogens is 250 g/mol. The highest BCUT2D eigenvalue weighted by Gasteiger charge is 2.29. The van der Waals surface area contributed by atoms with E-state index in [4.69, 9.17) is 9.15 Å². The fraction of sp³-hybridized carbons (Fsp3) is 0.529. The number of para-hydroxylation sites is 1. The molecule has 108 valence electrons. The highest BCUT2D eigenvalue weighted by molar-refractivity contribution is 5.81. The molecule has 0 radical (unpaired) electrons. The second-order valence-corrected chi connectivity index (χ2v) is 5.59. The van der Waals surface area contributed by atoms with Gasteiger partial charge in [-0.25, -0.2) is 0 Å². The summed E-state index contributed by atoms with van der Waals surface area (Å²) in [6.45, 7) is 5.16. The van der Waals surface area contributed by atoms with Crippen LogP contribution in [0, 0.1) is 5.92 Å². The van der Waals surface area contributed by atoms with Crippen LogP contribution in [0.5, 0.6) is 0 Å². The van der Waals surface area contributed by atoms with E-state index in [-0.39, 0.29) is 6.10 Å². The molecule has 0 bridgehead atoms. The third-order valence-corrected chi connectivity index (χ3v) is 4.10. The molecular formula is C17H23NO2. The summed E-state index contributed by atoms with van der Waals surface area (Å²) in [5.41, 5.74) is 2.17. The van der Waals surface area contributed by atoms with Gasteiger partial charge in [0.05, 0.1) is 12.4 Å². The summed E-state index contributed by atoms with van der Waals surface area (Å²) < 4.78 is 11.7. The number of nitrogens with one attached hydrogen (secondary N) is 1. The Labute approximate surface area is 120 Å². The van der Waals surface area contributed by atoms with Gasteiger partial charge >= 0.3 is 0 Å². The van der Waals surface area contributed by atoms with Crippen molar-refractivity contribution in [2.75, 3.05) is 19.7 Å². The molecule has 1 aliphatic rings. The molecule has 0 amide bonds. The van der Waals surface area contributed by atoms with Crippen LogP contribution in [0.1, 0.15) is 37.9 Å². The van der Waals surface area contributed by atoms with Gasteiger partial charge in [0.25, 0.3) is 0 Å². The number of ether oxygens (including phenoxy) is 1. The average Bonchev–Trinajstić information content (AvgIpc) is 2.92. The lowest BCUT2D eigenvalue weighted by Gasteiger charge is -2.31. The topological polar surface area (TPSA) is 34.4 Å². The standard InChI is InChI=1S/C17H23NO2/c1-2-9-18-11-13-6-5-10-19-17(13)15-12-20-16-8-4-3-7-14(15)16/h3-4,7-8,12-13,17-18H,2,5-6,9-11H2,1H3. The first kappa shape index (κ1) is 13.7. The summed E-state index contributed by atoms with van der Waals surface area (Å²) in [6.07, 6.45) is 5.60. The zero-order valence-electron chi connectivity index (χ0n) is 12.1. The van der Waals surface area contributed by atoms with Gasteiger partial charge in [0.2, 0.25) is 0 Å². The normalized spacial score (nSPS) is 23.2. The van der Waals surface area contributed by atoms with E-state index >= 15 is 0 Å². The largest absolute Gasteiger partial charge is 0.464 e. The number of hydrogen-bond acceptors (Lipinski definition) is 3. The number of benzene rings is 1. The molecule has 0 aliphatic carbocycles. The molecule has 1 fully saturated rings. The summed E-state index contributed by atoms with van der Waals surface area (Å²) in [7, 11) is 0. The van der Waals surface area contributed by atoms with Crippen LogP contribution in [0.25, 0.3) is 11.0 Å². The lowest BCUT2D eigenvalue weighted by molar-refractivity contribution is -0.0272. The van der Waals surface area contributed by atoms with Crippen molar-refractivity contribution in [2.24, 2.45) is 5.92 Å². The molecule has 1 aliphatic heterocycles. The minimum absolute atomic E-state index is 0.164. The smallest absolute Gasteiger partial charge is 0.134 e. The number of fused-ring (bicyclic) bond motifs is 1. The Hall–Kier alpha value is -1.32. The molecule has 3 heteroatoms. The monoisotopic (exact) mass is 273 g/mol. The van der Waals surface area contributed by atoms with Crippen LogP contribution in [0.2, 0.25) is 0 Å². The molecule has 0 saturated carbocycles. The number of furan rings is 1. The van der Waals surface area contributed by atoms with Crippen LogP contribution in [0.15, 0.2) is 34.9 Å². The Morgan fingerprint density at radius 3 is 3.10 bits per heavy atom. The van der Waals surface area contributed by atoms with E-state index in [1.165, 1.54) is 23.8 Å². The Balaban J connectivity index is 1.81. The van der Waals surface area contributed by atoms with Crippen molar-refractivity contribution in [3.63, 3.8) is 0 Å². The van der Waals surface area contributed by atoms with Crippen LogP contribution in [0.3, 0.4) is 0 Å². The van der Waals surface area contributed by atoms with Gasteiger partial charge in [-0.1, -0.05) is 25.1 Å². The van der Waals surface area contributed by atoms with Crippen LogP contribution in [-0.2, 0) is 4.74 Å². The summed E-state index contributed by atoms with van der Waals surface area (Å²) in [5.74, 6) is 0.538. The minimum atomic E-state index is 0.164. The number of rotatable bonds is 5. The van der Waals surface area contributed by atoms with Gasteiger partial charge in [0.1, 0.15) is 5.58 Å². The lowest BCUT2D eigenvalue weighted by atomic mass is 9.89. The third-order valence-electron chi connectivity index (χ3n) is 4.10. The molecule has 3 rings (SSSR count). The zero-order chi connectivity index (χ0) is 13.8. The highest BCUT2D eigenvalue weighted by atomic mass is 16.5. The van der Waals surface area contributed by atoms with Crippen molar-refractivity contribution >= 4 is 11.0 Å². The first-order valence-corrected chi connectivity index (χ1v) is 7.68.